The van der Waals surface area contributed by atoms with Crippen LogP contribution in [0, 0.1) is 5.92 Å². The zero-order chi connectivity index (χ0) is 10.2. The van der Waals surface area contributed by atoms with E-state index in [-0.39, 0.29) is 12.3 Å². The summed E-state index contributed by atoms with van der Waals surface area (Å²) in [5.41, 5.74) is 0. The second-order valence-electron chi connectivity index (χ2n) is 4.04. The highest BCUT2D eigenvalue weighted by Crippen LogP contribution is 2.49. The third kappa shape index (κ3) is 2.42. The Morgan fingerprint density at radius 2 is 2.21 bits per heavy atom. The lowest BCUT2D eigenvalue weighted by Gasteiger charge is -2.34. The van der Waals surface area contributed by atoms with Crippen molar-refractivity contribution in [3.8, 4) is 0 Å². The van der Waals surface area contributed by atoms with Gasteiger partial charge in [-0.1, -0.05) is 15.9 Å². The first-order valence-electron chi connectivity index (χ1n) is 4.89. The van der Waals surface area contributed by atoms with Gasteiger partial charge in [0.05, 0.1) is 0 Å². The van der Waals surface area contributed by atoms with Gasteiger partial charge in [0.15, 0.2) is 0 Å². The highest BCUT2D eigenvalue weighted by molar-refractivity contribution is 9.09. The van der Waals surface area contributed by atoms with Gasteiger partial charge in [0.2, 0.25) is 0 Å². The molecule has 0 amide bonds. The minimum atomic E-state index is -2.36. The van der Waals surface area contributed by atoms with Gasteiger partial charge in [-0.3, -0.25) is 4.90 Å². The van der Waals surface area contributed by atoms with Crippen LogP contribution in [0.15, 0.2) is 0 Å². The van der Waals surface area contributed by atoms with Gasteiger partial charge in [0, 0.05) is 48.3 Å². The number of alkyl halides is 3. The fraction of sp³-hybridized carbons (Fsp3) is 1.00. The van der Waals surface area contributed by atoms with E-state index in [1.54, 1.807) is 0 Å². The van der Waals surface area contributed by atoms with Gasteiger partial charge < -0.3 is 0 Å². The molecular formula is C9H14BrF2NS. The number of hydrogen-bond acceptors (Lipinski definition) is 2. The Bertz CT molecular complexity index is 215. The van der Waals surface area contributed by atoms with E-state index in [4.69, 9.17) is 0 Å². The number of nitrogens with zero attached hydrogens (tertiary/aromatic N) is 1. The average Bonchev–Trinajstić information content (AvgIpc) is 2.75. The van der Waals surface area contributed by atoms with Gasteiger partial charge in [-0.05, 0) is 0 Å². The molecule has 0 aromatic carbocycles. The smallest absolute Gasteiger partial charge is 0.252 e. The molecule has 2 unspecified atom stereocenters. The van der Waals surface area contributed by atoms with E-state index in [9.17, 15) is 8.78 Å². The van der Waals surface area contributed by atoms with E-state index in [0.29, 0.717) is 12.6 Å². The van der Waals surface area contributed by atoms with Gasteiger partial charge >= 0.3 is 0 Å². The van der Waals surface area contributed by atoms with Gasteiger partial charge in [-0.25, -0.2) is 8.78 Å². The van der Waals surface area contributed by atoms with E-state index in [1.807, 2.05) is 11.8 Å². The van der Waals surface area contributed by atoms with Gasteiger partial charge in [-0.15, -0.1) is 0 Å². The second kappa shape index (κ2) is 4.26. The molecule has 2 rings (SSSR count). The monoisotopic (exact) mass is 285 g/mol. The minimum absolute atomic E-state index is 0.103. The molecule has 0 radical (unpaired) electrons. The summed E-state index contributed by atoms with van der Waals surface area (Å²) in [6.45, 7) is 1.55. The summed E-state index contributed by atoms with van der Waals surface area (Å²) in [6.07, 6.45) is 0.103. The van der Waals surface area contributed by atoms with Gasteiger partial charge in [-0.2, -0.15) is 11.8 Å². The predicted molar refractivity (Wildman–Crippen MR) is 59.5 cm³/mol. The molecule has 0 aromatic heterocycles. The standard InChI is InChI=1S/C9H14BrF2NS/c10-4-8-6-14-2-1-13(8)5-7-3-9(7,11)12/h7-8H,1-6H2. The molecule has 5 heteroatoms. The third-order valence-corrected chi connectivity index (χ3v) is 4.78. The van der Waals surface area contributed by atoms with Crippen molar-refractivity contribution < 1.29 is 8.78 Å². The topological polar surface area (TPSA) is 3.24 Å². The quantitative estimate of drug-likeness (QED) is 0.733. The second-order valence-corrected chi connectivity index (χ2v) is 5.84. The molecule has 2 atom stereocenters. The highest BCUT2D eigenvalue weighted by atomic mass is 79.9. The maximum absolute atomic E-state index is 12.7. The lowest BCUT2D eigenvalue weighted by atomic mass is 10.2. The first-order chi connectivity index (χ1) is 6.63. The van der Waals surface area contributed by atoms with E-state index in [0.717, 1.165) is 23.4 Å². The molecule has 14 heavy (non-hydrogen) atoms. The number of rotatable bonds is 3. The van der Waals surface area contributed by atoms with E-state index >= 15 is 0 Å². The van der Waals surface area contributed by atoms with Crippen LogP contribution in [0.25, 0.3) is 0 Å². The minimum Gasteiger partial charge on any atom is -0.297 e. The number of hydrogen-bond donors (Lipinski definition) is 0. The fourth-order valence-corrected chi connectivity index (χ4v) is 3.89. The summed E-state index contributed by atoms with van der Waals surface area (Å²) >= 11 is 5.37. The maximum atomic E-state index is 12.7. The third-order valence-electron chi connectivity index (χ3n) is 2.94. The lowest BCUT2D eigenvalue weighted by Crippen LogP contribution is -2.44. The Balaban J connectivity index is 1.83. The van der Waals surface area contributed by atoms with E-state index in [2.05, 4.69) is 20.8 Å². The van der Waals surface area contributed by atoms with Crippen molar-refractivity contribution in [2.75, 3.05) is 29.9 Å². The molecule has 2 aliphatic rings. The summed E-state index contributed by atoms with van der Waals surface area (Å²) < 4.78 is 25.5. The van der Waals surface area contributed by atoms with Crippen LogP contribution in [-0.4, -0.2) is 46.8 Å². The summed E-state index contributed by atoms with van der Waals surface area (Å²) in [4.78, 5) is 2.22. The van der Waals surface area contributed by atoms with Crippen LogP contribution in [0.5, 0.6) is 0 Å². The van der Waals surface area contributed by atoms with Crippen molar-refractivity contribution in [3.05, 3.63) is 0 Å². The SMILES string of the molecule is FC1(F)CC1CN1CCSCC1CBr. The van der Waals surface area contributed by atoms with Crippen LogP contribution >= 0.6 is 27.7 Å². The van der Waals surface area contributed by atoms with Crippen molar-refractivity contribution in [2.24, 2.45) is 5.92 Å². The largest absolute Gasteiger partial charge is 0.297 e. The molecule has 2 fully saturated rings. The summed E-state index contributed by atoms with van der Waals surface area (Å²) in [5.74, 6) is -0.570. The Hall–Kier alpha value is 0.650. The molecule has 0 bridgehead atoms. The average molecular weight is 286 g/mol. The van der Waals surface area contributed by atoms with Gasteiger partial charge in [0.1, 0.15) is 0 Å². The van der Waals surface area contributed by atoms with Crippen LogP contribution in [0.2, 0.25) is 0 Å². The zero-order valence-electron chi connectivity index (χ0n) is 7.89. The Labute approximate surface area is 95.7 Å². The van der Waals surface area contributed by atoms with Crippen molar-refractivity contribution in [3.63, 3.8) is 0 Å². The fourth-order valence-electron chi connectivity index (χ4n) is 1.82. The molecular weight excluding hydrogens is 272 g/mol. The Morgan fingerprint density at radius 1 is 1.50 bits per heavy atom. The molecule has 1 aliphatic carbocycles. The van der Waals surface area contributed by atoms with Crippen LogP contribution in [0.4, 0.5) is 8.78 Å². The summed E-state index contributed by atoms with van der Waals surface area (Å²) in [5, 5.41) is 0.901. The van der Waals surface area contributed by atoms with Crippen molar-refractivity contribution in [2.45, 2.75) is 18.4 Å². The van der Waals surface area contributed by atoms with Crippen molar-refractivity contribution in [1.29, 1.82) is 0 Å². The summed E-state index contributed by atoms with van der Waals surface area (Å²) in [6, 6.07) is 0.449. The molecule has 1 heterocycles. The van der Waals surface area contributed by atoms with Crippen LogP contribution in [0.1, 0.15) is 6.42 Å². The van der Waals surface area contributed by atoms with E-state index < -0.39 is 5.92 Å². The van der Waals surface area contributed by atoms with Gasteiger partial charge in [0.25, 0.3) is 5.92 Å². The van der Waals surface area contributed by atoms with Crippen LogP contribution < -0.4 is 0 Å². The first kappa shape index (κ1) is 11.1. The van der Waals surface area contributed by atoms with E-state index in [1.165, 1.54) is 0 Å². The number of thioether (sulfide) groups is 1. The first-order valence-corrected chi connectivity index (χ1v) is 7.16. The zero-order valence-corrected chi connectivity index (χ0v) is 10.3. The lowest BCUT2D eigenvalue weighted by molar-refractivity contribution is 0.0839. The van der Waals surface area contributed by atoms with Crippen LogP contribution in [0.3, 0.4) is 0 Å². The molecule has 1 aliphatic heterocycles. The molecule has 1 saturated heterocycles. The summed E-state index contributed by atoms with van der Waals surface area (Å²) in [7, 11) is 0. The Kier molecular flexibility index (Phi) is 3.39. The molecule has 1 saturated carbocycles. The molecule has 1 nitrogen and oxygen atoms in total. The molecule has 82 valence electrons. The van der Waals surface area contributed by atoms with Crippen molar-refractivity contribution >= 4 is 27.7 Å². The van der Waals surface area contributed by atoms with Crippen LogP contribution in [-0.2, 0) is 0 Å². The Morgan fingerprint density at radius 3 is 2.79 bits per heavy atom. The van der Waals surface area contributed by atoms with Crippen molar-refractivity contribution in [1.82, 2.24) is 4.90 Å². The maximum Gasteiger partial charge on any atom is 0.252 e. The number of halogens is 3. The molecule has 0 spiro atoms. The predicted octanol–water partition coefficient (Wildman–Crippen LogP) is 2.45. The highest BCUT2D eigenvalue weighted by Gasteiger charge is 2.57. The molecule has 0 aromatic rings. The molecule has 0 N–H and O–H groups in total. The normalized spacial score (nSPS) is 37.1.